The van der Waals surface area contributed by atoms with Crippen LogP contribution < -0.4 is 11.1 Å². The van der Waals surface area contributed by atoms with Gasteiger partial charge in [0.1, 0.15) is 0 Å². The Kier molecular flexibility index (Phi) is 11.0. The van der Waals surface area contributed by atoms with Crippen molar-refractivity contribution < 1.29 is 64.1 Å². The summed E-state index contributed by atoms with van der Waals surface area (Å²) in [4.78, 5) is 31.6. The summed E-state index contributed by atoms with van der Waals surface area (Å²) in [5.74, 6) is -5.99. The molecule has 0 aliphatic carbocycles. The zero-order chi connectivity index (χ0) is 29.4. The number of carbonyl (C=O) groups excluding carboxylic acids is 1. The summed E-state index contributed by atoms with van der Waals surface area (Å²) in [6.07, 6.45) is -15.1. The molecule has 0 spiro atoms. The van der Waals surface area contributed by atoms with Crippen LogP contribution in [0.4, 0.5) is 50.9 Å². The summed E-state index contributed by atoms with van der Waals surface area (Å²) in [6, 6.07) is 5.50. The van der Waals surface area contributed by atoms with Crippen LogP contribution in [0.1, 0.15) is 38.8 Å². The molecule has 0 aliphatic heterocycles. The molecule has 1 amide bonds. The number of aromatic carboxylic acids is 2. The van der Waals surface area contributed by atoms with Crippen molar-refractivity contribution in [3.63, 3.8) is 0 Å². The van der Waals surface area contributed by atoms with Crippen LogP contribution in [0.2, 0.25) is 0 Å². The van der Waals surface area contributed by atoms with Gasteiger partial charge >= 0.3 is 36.4 Å². The van der Waals surface area contributed by atoms with E-state index in [1.165, 1.54) is 12.2 Å². The molecule has 0 saturated carbocycles. The lowest BCUT2D eigenvalue weighted by Crippen LogP contribution is -2.30. The first-order valence-corrected chi connectivity index (χ1v) is 9.00. The molecule has 5 N–H and O–H groups in total. The summed E-state index contributed by atoms with van der Waals surface area (Å²) < 4.78 is 110. The monoisotopic (exact) mass is 547 g/mol. The quantitative estimate of drug-likeness (QED) is 0.296. The van der Waals surface area contributed by atoms with E-state index in [0.717, 1.165) is 12.1 Å². The number of nitriles is 1. The minimum absolute atomic E-state index is 0.118. The lowest BCUT2D eigenvalue weighted by molar-refractivity contribution is -0.167. The van der Waals surface area contributed by atoms with Crippen LogP contribution in [0.5, 0.6) is 0 Å². The normalized spacial score (nSPS) is 11.1. The van der Waals surface area contributed by atoms with Crippen LogP contribution in [0.3, 0.4) is 0 Å². The van der Waals surface area contributed by atoms with Gasteiger partial charge in [0.05, 0.1) is 28.3 Å². The van der Waals surface area contributed by atoms with Crippen molar-refractivity contribution in [3.05, 3.63) is 58.7 Å². The van der Waals surface area contributed by atoms with E-state index in [2.05, 4.69) is 0 Å². The van der Waals surface area contributed by atoms with Crippen LogP contribution in [0.25, 0.3) is 0 Å². The lowest BCUT2D eigenvalue weighted by Gasteiger charge is -2.13. The maximum atomic E-state index is 12.6. The van der Waals surface area contributed by atoms with Crippen molar-refractivity contribution in [3.8, 4) is 6.07 Å². The highest BCUT2D eigenvalue weighted by atomic mass is 19.4. The van der Waals surface area contributed by atoms with Crippen LogP contribution in [0, 0.1) is 11.3 Å². The number of nitrogens with one attached hydrogen (secondary N) is 1. The Labute approximate surface area is 200 Å². The number of carboxylic acids is 2. The van der Waals surface area contributed by atoms with Crippen molar-refractivity contribution in [2.24, 2.45) is 0 Å². The number of carbonyl (C=O) groups is 3. The first-order chi connectivity index (χ1) is 16.7. The van der Waals surface area contributed by atoms with Crippen molar-refractivity contribution in [1.29, 1.82) is 5.26 Å². The second kappa shape index (κ2) is 12.5. The maximum Gasteiger partial charge on any atom is 0.471 e. The Balaban J connectivity index is 0.000000664. The van der Waals surface area contributed by atoms with Gasteiger partial charge in [0.15, 0.2) is 0 Å². The molecule has 37 heavy (non-hydrogen) atoms. The third-order valence-corrected chi connectivity index (χ3v) is 3.65. The molecule has 0 heterocycles. The number of nitrogens with two attached hydrogens (primary N) is 1. The molecule has 0 aliphatic rings. The molecular weight excluding hydrogens is 533 g/mol. The molecule has 2 rings (SSSR count). The number of alkyl halides is 9. The number of benzene rings is 2. The predicted octanol–water partition coefficient (Wildman–Crippen LogP) is 5.42. The Hall–Kier alpha value is -4.49. The number of hydrogen-bond acceptors (Lipinski definition) is 5. The number of hydrogen-bond donors (Lipinski definition) is 4. The molecule has 0 atom stereocenters. The fourth-order valence-electron chi connectivity index (χ4n) is 2.23. The number of nitrogen functional groups attached to an aromatic ring is 1. The number of halogens is 9. The van der Waals surface area contributed by atoms with Crippen LogP contribution in [-0.4, -0.2) is 34.2 Å². The first-order valence-electron chi connectivity index (χ1n) is 9.00. The number of rotatable bonds is 3. The van der Waals surface area contributed by atoms with Crippen LogP contribution in [-0.2, 0) is 17.1 Å². The van der Waals surface area contributed by atoms with Crippen molar-refractivity contribution >= 4 is 29.2 Å². The number of nitrogens with zero attached hydrogens (tertiary/aromatic N) is 1. The zero-order valence-electron chi connectivity index (χ0n) is 18.0. The molecule has 2 aromatic rings. The van der Waals surface area contributed by atoms with E-state index in [4.69, 9.17) is 21.2 Å². The van der Waals surface area contributed by atoms with Gasteiger partial charge in [0, 0.05) is 18.3 Å². The van der Waals surface area contributed by atoms with E-state index in [1.54, 1.807) is 6.07 Å². The fourth-order valence-corrected chi connectivity index (χ4v) is 2.23. The van der Waals surface area contributed by atoms with Gasteiger partial charge in [-0.1, -0.05) is 0 Å². The Morgan fingerprint density at radius 3 is 1.54 bits per heavy atom. The van der Waals surface area contributed by atoms with Gasteiger partial charge in [-0.25, -0.2) is 9.59 Å². The SMILES string of the molecule is CC#N.Nc1ccc(C(=O)O)c(C(F)(F)F)c1.O=C(O)c1ccc(NC(=O)C(F)(F)F)cc1C(F)(F)F. The molecule has 0 bridgehead atoms. The largest absolute Gasteiger partial charge is 0.478 e. The first kappa shape index (κ1) is 32.5. The molecule has 8 nitrogen and oxygen atoms in total. The van der Waals surface area contributed by atoms with E-state index in [1.807, 2.05) is 0 Å². The summed E-state index contributed by atoms with van der Waals surface area (Å²) in [7, 11) is 0. The molecule has 0 aromatic heterocycles. The number of anilines is 2. The molecule has 0 unspecified atom stereocenters. The topological polar surface area (TPSA) is 154 Å². The molecule has 0 saturated heterocycles. The summed E-state index contributed by atoms with van der Waals surface area (Å²) in [5, 5.41) is 25.6. The summed E-state index contributed by atoms with van der Waals surface area (Å²) >= 11 is 0. The van der Waals surface area contributed by atoms with Gasteiger partial charge in [-0.05, 0) is 36.4 Å². The smallest absolute Gasteiger partial charge is 0.471 e. The minimum atomic E-state index is -5.27. The van der Waals surface area contributed by atoms with Crippen LogP contribution in [0.15, 0.2) is 36.4 Å². The molecule has 202 valence electrons. The Bertz CT molecular complexity index is 1180. The van der Waals surface area contributed by atoms with E-state index < -0.39 is 64.3 Å². The number of amides is 1. The summed E-state index contributed by atoms with van der Waals surface area (Å²) in [6.45, 7) is 1.43. The second-order valence-electron chi connectivity index (χ2n) is 6.35. The highest BCUT2D eigenvalue weighted by Crippen LogP contribution is 2.35. The van der Waals surface area contributed by atoms with Gasteiger partial charge in [0.2, 0.25) is 0 Å². The summed E-state index contributed by atoms with van der Waals surface area (Å²) in [5.41, 5.74) is -0.636. The van der Waals surface area contributed by atoms with E-state index >= 15 is 0 Å². The van der Waals surface area contributed by atoms with Gasteiger partial charge in [-0.15, -0.1) is 0 Å². The fraction of sp³-hybridized carbons (Fsp3) is 0.200. The van der Waals surface area contributed by atoms with Gasteiger partial charge in [-0.3, -0.25) is 4.79 Å². The van der Waals surface area contributed by atoms with E-state index in [0.29, 0.717) is 18.2 Å². The average molecular weight is 547 g/mol. The van der Waals surface area contributed by atoms with Gasteiger partial charge in [-0.2, -0.15) is 44.8 Å². The molecular formula is C20H14F9N3O5. The van der Waals surface area contributed by atoms with Crippen molar-refractivity contribution in [2.75, 3.05) is 11.1 Å². The van der Waals surface area contributed by atoms with Crippen molar-refractivity contribution in [1.82, 2.24) is 0 Å². The second-order valence-corrected chi connectivity index (χ2v) is 6.35. The minimum Gasteiger partial charge on any atom is -0.478 e. The molecule has 0 radical (unpaired) electrons. The highest BCUT2D eigenvalue weighted by Gasteiger charge is 2.40. The van der Waals surface area contributed by atoms with Gasteiger partial charge < -0.3 is 21.3 Å². The van der Waals surface area contributed by atoms with Gasteiger partial charge in [0.25, 0.3) is 0 Å². The standard InChI is InChI=1S/C10H5F6NO3.C8H6F3NO2.C2H3N/c11-9(12,13)6-3-4(1-2-5(6)7(18)19)17-8(20)10(14,15)16;9-8(10,11)6-3-4(12)1-2-5(6)7(13)14;1-2-3/h1-3H,(H,17,20)(H,18,19);1-3H,12H2,(H,13,14);1H3. The third kappa shape index (κ3) is 10.3. The Morgan fingerprint density at radius 1 is 0.811 bits per heavy atom. The maximum absolute atomic E-state index is 12.6. The predicted molar refractivity (Wildman–Crippen MR) is 107 cm³/mol. The Morgan fingerprint density at radius 2 is 1.19 bits per heavy atom. The molecule has 2 aromatic carbocycles. The lowest BCUT2D eigenvalue weighted by atomic mass is 10.1. The molecule has 0 fully saturated rings. The third-order valence-electron chi connectivity index (χ3n) is 3.65. The highest BCUT2D eigenvalue weighted by molar-refractivity contribution is 5.96. The van der Waals surface area contributed by atoms with Crippen LogP contribution >= 0.6 is 0 Å². The average Bonchev–Trinajstić information content (AvgIpc) is 2.72. The van der Waals surface area contributed by atoms with Crippen molar-refractivity contribution in [2.45, 2.75) is 25.5 Å². The van der Waals surface area contributed by atoms with E-state index in [9.17, 15) is 53.9 Å². The zero-order valence-corrected chi connectivity index (χ0v) is 18.0. The van der Waals surface area contributed by atoms with E-state index in [-0.39, 0.29) is 11.8 Å². The molecule has 17 heteroatoms. The number of carboxylic acid groups (broad SMARTS) is 2.